The second-order valence-electron chi connectivity index (χ2n) is 3.45. The van der Waals surface area contributed by atoms with E-state index in [0.29, 0.717) is 17.4 Å². The Morgan fingerprint density at radius 1 is 1.39 bits per heavy atom. The maximum Gasteiger partial charge on any atom is 0.306 e. The zero-order valence-electron chi connectivity index (χ0n) is 10.2. The summed E-state index contributed by atoms with van der Waals surface area (Å²) < 4.78 is 4.70. The van der Waals surface area contributed by atoms with Crippen molar-refractivity contribution in [2.45, 2.75) is 26.7 Å². The fraction of sp³-hybridized carbons (Fsp3) is 0.455. The highest BCUT2D eigenvalue weighted by atomic mass is 32.1. The van der Waals surface area contributed by atoms with E-state index in [-0.39, 0.29) is 24.5 Å². The Morgan fingerprint density at radius 2 is 2.11 bits per heavy atom. The molecule has 0 saturated carbocycles. The van der Waals surface area contributed by atoms with Gasteiger partial charge in [0.2, 0.25) is 5.91 Å². The van der Waals surface area contributed by atoms with E-state index in [2.05, 4.69) is 10.3 Å². The zero-order valence-corrected chi connectivity index (χ0v) is 11.0. The Hall–Kier alpha value is -1.76. The second kappa shape index (κ2) is 6.85. The third-order valence-electron chi connectivity index (χ3n) is 1.97. The fourth-order valence-electron chi connectivity index (χ4n) is 1.12. The summed E-state index contributed by atoms with van der Waals surface area (Å²) in [5, 5.41) is 4.45. The third-order valence-corrected chi connectivity index (χ3v) is 2.73. The number of ketones is 1. The Morgan fingerprint density at radius 3 is 2.67 bits per heavy atom. The molecular weight excluding hydrogens is 256 g/mol. The number of aromatic nitrogens is 1. The minimum absolute atomic E-state index is 0.0324. The van der Waals surface area contributed by atoms with Crippen LogP contribution in [0.25, 0.3) is 0 Å². The molecule has 7 heteroatoms. The van der Waals surface area contributed by atoms with Gasteiger partial charge in [0.1, 0.15) is 5.69 Å². The Balaban J connectivity index is 2.39. The van der Waals surface area contributed by atoms with E-state index in [9.17, 15) is 14.4 Å². The summed E-state index contributed by atoms with van der Waals surface area (Å²) in [6.07, 6.45) is 0.0679. The molecule has 1 aromatic heterocycles. The Labute approximate surface area is 108 Å². The first-order valence-corrected chi connectivity index (χ1v) is 6.32. The quantitative estimate of drug-likeness (QED) is 0.627. The normalized spacial score (nSPS) is 9.89. The van der Waals surface area contributed by atoms with Gasteiger partial charge in [0, 0.05) is 18.7 Å². The Bertz CT molecular complexity index is 456. The van der Waals surface area contributed by atoms with E-state index in [1.54, 1.807) is 12.3 Å². The number of amides is 1. The fourth-order valence-corrected chi connectivity index (χ4v) is 1.89. The number of hydrogen-bond donors (Lipinski definition) is 1. The van der Waals surface area contributed by atoms with Gasteiger partial charge in [0.05, 0.1) is 13.0 Å². The number of carbonyl (C=O) groups excluding carboxylic acids is 3. The summed E-state index contributed by atoms with van der Waals surface area (Å²) in [5.41, 5.74) is 0.320. The van der Waals surface area contributed by atoms with Gasteiger partial charge in [-0.15, -0.1) is 11.3 Å². The summed E-state index contributed by atoms with van der Waals surface area (Å²) in [5.74, 6) is -0.887. The summed E-state index contributed by atoms with van der Waals surface area (Å²) in [6, 6.07) is 0. The van der Waals surface area contributed by atoms with Gasteiger partial charge >= 0.3 is 5.97 Å². The van der Waals surface area contributed by atoms with Crippen molar-refractivity contribution in [3.8, 4) is 0 Å². The number of nitrogens with one attached hydrogen (secondary N) is 1. The standard InChI is InChI=1S/C11H14N2O4S/c1-3-17-10(16)5-4-9(15)13-11-12-8(6-18-11)7(2)14/h6H,3-5H2,1-2H3,(H,12,13,15). The lowest BCUT2D eigenvalue weighted by molar-refractivity contribution is -0.144. The molecule has 1 rings (SSSR count). The summed E-state index contributed by atoms with van der Waals surface area (Å²) in [4.78, 5) is 37.4. The van der Waals surface area contributed by atoms with Crippen molar-refractivity contribution < 1.29 is 19.1 Å². The minimum Gasteiger partial charge on any atom is -0.466 e. The smallest absolute Gasteiger partial charge is 0.306 e. The number of hydrogen-bond acceptors (Lipinski definition) is 6. The monoisotopic (exact) mass is 270 g/mol. The predicted molar refractivity (Wildman–Crippen MR) is 66.6 cm³/mol. The molecule has 18 heavy (non-hydrogen) atoms. The van der Waals surface area contributed by atoms with Crippen molar-refractivity contribution in [1.82, 2.24) is 4.98 Å². The lowest BCUT2D eigenvalue weighted by Crippen LogP contribution is -2.14. The lowest BCUT2D eigenvalue weighted by atomic mass is 10.3. The van der Waals surface area contributed by atoms with Crippen molar-refractivity contribution in [3.63, 3.8) is 0 Å². The first-order chi connectivity index (χ1) is 8.52. The van der Waals surface area contributed by atoms with Crippen molar-refractivity contribution in [2.24, 2.45) is 0 Å². The van der Waals surface area contributed by atoms with E-state index >= 15 is 0 Å². The molecule has 1 heterocycles. The molecule has 0 atom stereocenters. The largest absolute Gasteiger partial charge is 0.466 e. The highest BCUT2D eigenvalue weighted by Crippen LogP contribution is 2.16. The van der Waals surface area contributed by atoms with Gasteiger partial charge in [-0.1, -0.05) is 0 Å². The van der Waals surface area contributed by atoms with Crippen molar-refractivity contribution in [2.75, 3.05) is 11.9 Å². The molecule has 0 aromatic carbocycles. The summed E-state index contributed by atoms with van der Waals surface area (Å²) in [6.45, 7) is 3.41. The van der Waals surface area contributed by atoms with Crippen molar-refractivity contribution in [1.29, 1.82) is 0 Å². The van der Waals surface area contributed by atoms with Crippen LogP contribution < -0.4 is 5.32 Å². The van der Waals surface area contributed by atoms with Crippen LogP contribution in [-0.4, -0.2) is 29.3 Å². The molecule has 0 spiro atoms. The van der Waals surface area contributed by atoms with Crippen molar-refractivity contribution >= 4 is 34.1 Å². The van der Waals surface area contributed by atoms with E-state index in [0.717, 1.165) is 0 Å². The molecule has 0 fully saturated rings. The third kappa shape index (κ3) is 4.62. The van der Waals surface area contributed by atoms with Crippen LogP contribution in [0.4, 0.5) is 5.13 Å². The molecule has 0 aliphatic rings. The van der Waals surface area contributed by atoms with E-state index in [1.807, 2.05) is 0 Å². The van der Waals surface area contributed by atoms with Gasteiger partial charge in [-0.05, 0) is 6.92 Å². The van der Waals surface area contributed by atoms with Gasteiger partial charge in [0.15, 0.2) is 10.9 Å². The molecule has 0 radical (unpaired) electrons. The van der Waals surface area contributed by atoms with E-state index in [4.69, 9.17) is 4.74 Å². The molecule has 0 saturated heterocycles. The van der Waals surface area contributed by atoms with Gasteiger partial charge in [-0.25, -0.2) is 4.98 Å². The summed E-state index contributed by atoms with van der Waals surface area (Å²) in [7, 11) is 0. The molecular formula is C11H14N2O4S. The number of Topliss-reactive ketones (excluding diaryl/α,β-unsaturated/α-hetero) is 1. The first kappa shape index (κ1) is 14.3. The number of nitrogens with zero attached hydrogens (tertiary/aromatic N) is 1. The van der Waals surface area contributed by atoms with E-state index in [1.165, 1.54) is 18.3 Å². The van der Waals surface area contributed by atoms with Crippen LogP contribution in [0, 0.1) is 0 Å². The van der Waals surface area contributed by atoms with Crippen LogP contribution >= 0.6 is 11.3 Å². The molecule has 0 unspecified atom stereocenters. The molecule has 0 bridgehead atoms. The van der Waals surface area contributed by atoms with Gasteiger partial charge in [-0.3, -0.25) is 14.4 Å². The van der Waals surface area contributed by atoms with E-state index < -0.39 is 5.97 Å². The average molecular weight is 270 g/mol. The molecule has 6 nitrogen and oxygen atoms in total. The van der Waals surface area contributed by atoms with Gasteiger partial charge in [-0.2, -0.15) is 0 Å². The van der Waals surface area contributed by atoms with Crippen LogP contribution in [0.3, 0.4) is 0 Å². The Kier molecular flexibility index (Phi) is 5.44. The highest BCUT2D eigenvalue weighted by Gasteiger charge is 2.11. The number of carbonyl (C=O) groups is 3. The SMILES string of the molecule is CCOC(=O)CCC(=O)Nc1nc(C(C)=O)cs1. The number of ether oxygens (including phenoxy) is 1. The second-order valence-corrected chi connectivity index (χ2v) is 4.31. The molecule has 98 valence electrons. The molecule has 1 amide bonds. The zero-order chi connectivity index (χ0) is 13.5. The number of esters is 1. The topological polar surface area (TPSA) is 85.4 Å². The first-order valence-electron chi connectivity index (χ1n) is 5.45. The van der Waals surface area contributed by atoms with Crippen LogP contribution in [0.1, 0.15) is 37.2 Å². The molecule has 0 aliphatic carbocycles. The maximum atomic E-state index is 11.5. The molecule has 1 N–H and O–H groups in total. The molecule has 0 aliphatic heterocycles. The highest BCUT2D eigenvalue weighted by molar-refractivity contribution is 7.14. The number of thiazole rings is 1. The summed E-state index contributed by atoms with van der Waals surface area (Å²) >= 11 is 1.17. The minimum atomic E-state index is -0.406. The lowest BCUT2D eigenvalue weighted by Gasteiger charge is -2.01. The number of rotatable bonds is 6. The van der Waals surface area contributed by atoms with Crippen LogP contribution in [-0.2, 0) is 14.3 Å². The van der Waals surface area contributed by atoms with Crippen LogP contribution in [0.15, 0.2) is 5.38 Å². The van der Waals surface area contributed by atoms with Gasteiger partial charge < -0.3 is 10.1 Å². The van der Waals surface area contributed by atoms with Gasteiger partial charge in [0.25, 0.3) is 0 Å². The van der Waals surface area contributed by atoms with Crippen LogP contribution in [0.5, 0.6) is 0 Å². The van der Waals surface area contributed by atoms with Crippen molar-refractivity contribution in [3.05, 3.63) is 11.1 Å². The predicted octanol–water partition coefficient (Wildman–Crippen LogP) is 1.63. The average Bonchev–Trinajstić information content (AvgIpc) is 2.75. The maximum absolute atomic E-state index is 11.5. The number of anilines is 1. The molecule has 1 aromatic rings. The van der Waals surface area contributed by atoms with Crippen LogP contribution in [0.2, 0.25) is 0 Å².